The minimum atomic E-state index is -4.73. The van der Waals surface area contributed by atoms with Crippen LogP contribution in [-0.2, 0) is 27.5 Å². The number of rotatable bonds is 6. The molecular weight excluding hydrogens is 621 g/mol. The molecule has 46 heavy (non-hydrogen) atoms. The van der Waals surface area contributed by atoms with Gasteiger partial charge in [-0.2, -0.15) is 17.5 Å². The van der Waals surface area contributed by atoms with Gasteiger partial charge in [-0.1, -0.05) is 25.1 Å². The van der Waals surface area contributed by atoms with Crippen LogP contribution >= 0.6 is 0 Å². The van der Waals surface area contributed by atoms with Crippen molar-refractivity contribution in [2.45, 2.75) is 76.5 Å². The first-order chi connectivity index (χ1) is 21.7. The molecule has 0 bridgehead atoms. The SMILES string of the molecule is Cc1ccc(C(c2cc(C)n3c(C(F)(F)F)nnc3c2C)C(C)C(=O)O)cc1CN1C[C@@H]2CCCCN2c2ncccc2S1(=O)=O. The Morgan fingerprint density at radius 1 is 1.11 bits per heavy atom. The van der Waals surface area contributed by atoms with Crippen molar-refractivity contribution in [1.29, 1.82) is 0 Å². The number of anilines is 1. The van der Waals surface area contributed by atoms with Gasteiger partial charge >= 0.3 is 12.1 Å². The molecule has 0 radical (unpaired) electrons. The largest absolute Gasteiger partial charge is 0.481 e. The van der Waals surface area contributed by atoms with Crippen molar-refractivity contribution >= 4 is 27.5 Å². The van der Waals surface area contributed by atoms with Crippen molar-refractivity contribution in [2.24, 2.45) is 5.92 Å². The predicted octanol–water partition coefficient (Wildman–Crippen LogP) is 5.48. The number of alkyl halides is 3. The number of benzene rings is 1. The average Bonchev–Trinajstić information content (AvgIpc) is 3.45. The quantitative estimate of drug-likeness (QED) is 0.290. The Balaban J connectivity index is 1.44. The van der Waals surface area contributed by atoms with Crippen LogP contribution in [0.1, 0.15) is 71.4 Å². The normalized spacial score (nSPS) is 19.7. The van der Waals surface area contributed by atoms with Crippen LogP contribution < -0.4 is 4.90 Å². The summed E-state index contributed by atoms with van der Waals surface area (Å²) >= 11 is 0. The Labute approximate surface area is 264 Å². The van der Waals surface area contributed by atoms with Crippen molar-refractivity contribution in [3.05, 3.63) is 81.9 Å². The number of piperidine rings is 1. The number of halogens is 3. The fourth-order valence-electron chi connectivity index (χ4n) is 6.91. The molecule has 2 aliphatic rings. The first-order valence-electron chi connectivity index (χ1n) is 15.2. The number of pyridine rings is 2. The highest BCUT2D eigenvalue weighted by Gasteiger charge is 2.40. The van der Waals surface area contributed by atoms with E-state index in [1.165, 1.54) is 11.2 Å². The van der Waals surface area contributed by atoms with E-state index in [0.717, 1.165) is 35.8 Å². The van der Waals surface area contributed by atoms with Crippen molar-refractivity contribution < 1.29 is 31.5 Å². The van der Waals surface area contributed by atoms with Gasteiger partial charge in [0, 0.05) is 43.5 Å². The Morgan fingerprint density at radius 3 is 2.59 bits per heavy atom. The van der Waals surface area contributed by atoms with Crippen molar-refractivity contribution in [2.75, 3.05) is 18.0 Å². The smallest absolute Gasteiger partial charge is 0.452 e. The van der Waals surface area contributed by atoms with Gasteiger partial charge in [-0.25, -0.2) is 13.4 Å². The van der Waals surface area contributed by atoms with Gasteiger partial charge in [-0.05, 0) is 86.1 Å². The molecule has 1 aromatic carbocycles. The minimum absolute atomic E-state index is 0.00257. The number of hydrogen-bond donors (Lipinski definition) is 1. The fraction of sp³-hybridized carbons (Fsp3) is 0.438. The van der Waals surface area contributed by atoms with Gasteiger partial charge in [-0.3, -0.25) is 9.20 Å². The molecule has 0 amide bonds. The Bertz CT molecular complexity index is 1940. The maximum Gasteiger partial charge on any atom is 0.452 e. The van der Waals surface area contributed by atoms with E-state index in [1.54, 1.807) is 44.3 Å². The first kappa shape index (κ1) is 31.9. The lowest BCUT2D eigenvalue weighted by Gasteiger charge is -2.36. The second-order valence-corrected chi connectivity index (χ2v) is 14.2. The summed E-state index contributed by atoms with van der Waals surface area (Å²) in [4.78, 5) is 19.2. The summed E-state index contributed by atoms with van der Waals surface area (Å²) in [6, 6.07) is 10.2. The molecule has 1 N–H and O–H groups in total. The van der Waals surface area contributed by atoms with Crippen LogP contribution in [0.3, 0.4) is 0 Å². The summed E-state index contributed by atoms with van der Waals surface area (Å²) in [6.45, 7) is 7.60. The summed E-state index contributed by atoms with van der Waals surface area (Å²) in [6.07, 6.45) is -0.346. The number of aryl methyl sites for hydroxylation is 3. The number of aliphatic carboxylic acids is 1. The molecule has 0 saturated carbocycles. The van der Waals surface area contributed by atoms with Crippen LogP contribution in [0.15, 0.2) is 47.5 Å². The van der Waals surface area contributed by atoms with E-state index in [1.807, 2.05) is 19.1 Å². The van der Waals surface area contributed by atoms with Crippen molar-refractivity contribution in [3.8, 4) is 0 Å². The van der Waals surface area contributed by atoms with Gasteiger partial charge in [-0.15, -0.1) is 10.2 Å². The molecule has 14 heteroatoms. The zero-order chi connectivity index (χ0) is 33.1. The van der Waals surface area contributed by atoms with Gasteiger partial charge < -0.3 is 10.0 Å². The summed E-state index contributed by atoms with van der Waals surface area (Å²) in [5, 5.41) is 17.4. The van der Waals surface area contributed by atoms with Crippen LogP contribution in [0.4, 0.5) is 19.0 Å². The Hall–Kier alpha value is -4.04. The summed E-state index contributed by atoms with van der Waals surface area (Å²) in [5.41, 5.74) is 3.23. The third-order valence-electron chi connectivity index (χ3n) is 9.39. The van der Waals surface area contributed by atoms with Crippen LogP contribution in [0, 0.1) is 26.7 Å². The van der Waals surface area contributed by atoms with Gasteiger partial charge in [0.1, 0.15) is 10.7 Å². The fourth-order valence-corrected chi connectivity index (χ4v) is 8.52. The number of carboxylic acid groups (broad SMARTS) is 1. The van der Waals surface area contributed by atoms with Crippen molar-refractivity contribution in [3.63, 3.8) is 0 Å². The van der Waals surface area contributed by atoms with Gasteiger partial charge in [0.15, 0.2) is 5.65 Å². The molecule has 0 spiro atoms. The minimum Gasteiger partial charge on any atom is -0.481 e. The number of fused-ring (bicyclic) bond motifs is 4. The van der Waals surface area contributed by atoms with Crippen LogP contribution in [0.2, 0.25) is 0 Å². The van der Waals surface area contributed by atoms with Crippen molar-refractivity contribution in [1.82, 2.24) is 23.9 Å². The lowest BCUT2D eigenvalue weighted by molar-refractivity contribution is -0.145. The van der Waals surface area contributed by atoms with Gasteiger partial charge in [0.2, 0.25) is 15.8 Å². The van der Waals surface area contributed by atoms with Crippen LogP contribution in [0.5, 0.6) is 0 Å². The number of hydrogen-bond acceptors (Lipinski definition) is 7. The third-order valence-corrected chi connectivity index (χ3v) is 11.2. The average molecular weight is 657 g/mol. The Kier molecular flexibility index (Phi) is 8.08. The molecule has 1 fully saturated rings. The topological polar surface area (TPSA) is 121 Å². The highest BCUT2D eigenvalue weighted by Crippen LogP contribution is 2.40. The van der Waals surface area contributed by atoms with E-state index >= 15 is 0 Å². The molecule has 2 aliphatic heterocycles. The van der Waals surface area contributed by atoms with E-state index in [0.29, 0.717) is 28.1 Å². The summed E-state index contributed by atoms with van der Waals surface area (Å²) < 4.78 is 71.7. The first-order valence-corrected chi connectivity index (χ1v) is 16.6. The maximum atomic E-state index is 14.1. The zero-order valence-electron chi connectivity index (χ0n) is 25.9. The van der Waals surface area contributed by atoms with Crippen LogP contribution in [0.25, 0.3) is 5.65 Å². The molecule has 2 unspecified atom stereocenters. The second kappa shape index (κ2) is 11.6. The van der Waals surface area contributed by atoms with E-state index < -0.39 is 39.8 Å². The number of carbonyl (C=O) groups is 1. The lowest BCUT2D eigenvalue weighted by atomic mass is 9.79. The molecule has 1 saturated heterocycles. The molecule has 5 heterocycles. The number of carboxylic acids is 1. The lowest BCUT2D eigenvalue weighted by Crippen LogP contribution is -2.45. The molecular formula is C32H35F3N6O4S. The molecule has 6 rings (SSSR count). The zero-order valence-corrected chi connectivity index (χ0v) is 26.7. The van der Waals surface area contributed by atoms with E-state index in [4.69, 9.17) is 0 Å². The Morgan fingerprint density at radius 2 is 1.87 bits per heavy atom. The van der Waals surface area contributed by atoms with Gasteiger partial charge in [0.05, 0.1) is 5.92 Å². The van der Waals surface area contributed by atoms with E-state index in [2.05, 4.69) is 20.1 Å². The molecule has 244 valence electrons. The number of aromatic nitrogens is 4. The molecule has 3 atom stereocenters. The number of sulfonamides is 1. The van der Waals surface area contributed by atoms with E-state index in [9.17, 15) is 31.5 Å². The maximum absolute atomic E-state index is 14.1. The van der Waals surface area contributed by atoms with Gasteiger partial charge in [0.25, 0.3) is 0 Å². The second-order valence-electron chi connectivity index (χ2n) is 12.3. The highest BCUT2D eigenvalue weighted by atomic mass is 32.2. The van der Waals surface area contributed by atoms with Crippen LogP contribution in [-0.4, -0.2) is 62.5 Å². The molecule has 4 aromatic rings. The number of nitrogens with zero attached hydrogens (tertiary/aromatic N) is 6. The monoisotopic (exact) mass is 656 g/mol. The molecule has 0 aliphatic carbocycles. The highest BCUT2D eigenvalue weighted by molar-refractivity contribution is 7.89. The predicted molar refractivity (Wildman–Crippen MR) is 164 cm³/mol. The summed E-state index contributed by atoms with van der Waals surface area (Å²) in [7, 11) is -3.93. The third kappa shape index (κ3) is 5.40. The van der Waals surface area contributed by atoms with E-state index in [-0.39, 0.29) is 35.4 Å². The summed E-state index contributed by atoms with van der Waals surface area (Å²) in [5.74, 6) is -3.51. The standard InChI is InChI=1S/C32H35F3N6O4S/c1-18-10-11-22(27(21(4)30(42)43)25-14-19(2)41-28(20(25)3)37-38-31(41)32(33,34)35)15-23(18)16-39-17-24-8-5-6-13-40(24)29-26(46(39,44)45)9-7-12-36-29/h7,9-12,14-15,21,24,27H,5-6,8,13,16-17H2,1-4H3,(H,42,43)/t21?,24-,27?/m0/s1. The molecule has 3 aromatic heterocycles. The molecule has 10 nitrogen and oxygen atoms in total.